The van der Waals surface area contributed by atoms with Crippen LogP contribution in [-0.4, -0.2) is 95.3 Å². The van der Waals surface area contributed by atoms with E-state index in [4.69, 9.17) is 4.74 Å². The molecule has 1 atom stereocenters. The number of amides is 2. The fraction of sp³-hybridized carbons (Fsp3) is 0.484. The van der Waals surface area contributed by atoms with Crippen LogP contribution in [0.5, 0.6) is 5.75 Å². The zero-order valence-corrected chi connectivity index (χ0v) is 23.7. The predicted octanol–water partition coefficient (Wildman–Crippen LogP) is 3.94. The van der Waals surface area contributed by atoms with Crippen LogP contribution in [0.2, 0.25) is 0 Å². The second kappa shape index (κ2) is 13.4. The third-order valence-corrected chi connectivity index (χ3v) is 8.46. The Bertz CT molecular complexity index is 1330. The van der Waals surface area contributed by atoms with Crippen molar-refractivity contribution in [3.05, 3.63) is 65.6 Å². The maximum Gasteiger partial charge on any atom is 0.405 e. The molecule has 5 rings (SSSR count). The Morgan fingerprint density at radius 1 is 1.05 bits per heavy atom. The summed E-state index contributed by atoms with van der Waals surface area (Å²) in [5, 5.41) is 13.3. The van der Waals surface area contributed by atoms with Crippen LogP contribution in [-0.2, 0) is 17.8 Å². The van der Waals surface area contributed by atoms with E-state index in [1.807, 2.05) is 13.0 Å². The number of piperidine rings is 1. The molecule has 3 N–H and O–H groups in total. The third kappa shape index (κ3) is 7.00. The van der Waals surface area contributed by atoms with Crippen LogP contribution in [0.25, 0.3) is 10.9 Å². The van der Waals surface area contributed by atoms with Gasteiger partial charge in [0.1, 0.15) is 17.6 Å². The van der Waals surface area contributed by atoms with E-state index < -0.39 is 12.1 Å². The molecule has 2 aliphatic heterocycles. The van der Waals surface area contributed by atoms with Crippen molar-refractivity contribution in [2.45, 2.75) is 38.8 Å². The number of aromatic nitrogens is 1. The lowest BCUT2D eigenvalue weighted by Gasteiger charge is -2.40. The largest absolute Gasteiger partial charge is 0.493 e. The minimum absolute atomic E-state index is 0.0480. The lowest BCUT2D eigenvalue weighted by atomic mass is 9.88. The van der Waals surface area contributed by atoms with Gasteiger partial charge < -0.3 is 29.9 Å². The maximum atomic E-state index is 14.5. The summed E-state index contributed by atoms with van der Waals surface area (Å²) < 4.78 is 20.1. The predicted molar refractivity (Wildman–Crippen MR) is 156 cm³/mol. The Hall–Kier alpha value is -3.63. The summed E-state index contributed by atoms with van der Waals surface area (Å²) in [7, 11) is 0. The van der Waals surface area contributed by atoms with Gasteiger partial charge in [0, 0.05) is 61.9 Å². The molecule has 2 aromatic carbocycles. The Morgan fingerprint density at radius 3 is 2.54 bits per heavy atom. The van der Waals surface area contributed by atoms with E-state index in [0.717, 1.165) is 44.4 Å². The van der Waals surface area contributed by atoms with Crippen LogP contribution in [0, 0.1) is 11.7 Å². The molecule has 2 fully saturated rings. The van der Waals surface area contributed by atoms with Crippen molar-refractivity contribution < 1.29 is 23.8 Å². The number of fused-ring (bicyclic) bond motifs is 1. The van der Waals surface area contributed by atoms with E-state index in [9.17, 15) is 19.1 Å². The average Bonchev–Trinajstić information content (AvgIpc) is 3.40. The molecule has 3 heterocycles. The minimum Gasteiger partial charge on any atom is -0.493 e. The highest BCUT2D eigenvalue weighted by Crippen LogP contribution is 2.26. The molecule has 0 spiro atoms. The van der Waals surface area contributed by atoms with Gasteiger partial charge in [-0.3, -0.25) is 9.69 Å². The van der Waals surface area contributed by atoms with Crippen LogP contribution in [0.1, 0.15) is 30.9 Å². The lowest BCUT2D eigenvalue weighted by Crippen LogP contribution is -2.58. The first-order valence-electron chi connectivity index (χ1n) is 14.6. The molecule has 220 valence electrons. The summed E-state index contributed by atoms with van der Waals surface area (Å²) in [5.41, 5.74) is 2.97. The highest BCUT2D eigenvalue weighted by atomic mass is 19.1. The molecule has 2 saturated heterocycles. The minimum atomic E-state index is -1.17. The third-order valence-electron chi connectivity index (χ3n) is 8.46. The van der Waals surface area contributed by atoms with Crippen LogP contribution in [0.3, 0.4) is 0 Å². The van der Waals surface area contributed by atoms with E-state index >= 15 is 0 Å². The van der Waals surface area contributed by atoms with Crippen LogP contribution in [0.4, 0.5) is 9.18 Å². The molecule has 9 nitrogen and oxygen atoms in total. The van der Waals surface area contributed by atoms with Gasteiger partial charge in [0.25, 0.3) is 0 Å². The first-order chi connectivity index (χ1) is 19.9. The topological polar surface area (TPSA) is 101 Å². The van der Waals surface area contributed by atoms with Gasteiger partial charge >= 0.3 is 6.09 Å². The van der Waals surface area contributed by atoms with Crippen LogP contribution >= 0.6 is 0 Å². The van der Waals surface area contributed by atoms with Crippen molar-refractivity contribution in [2.75, 3.05) is 52.4 Å². The molecular formula is C31H40FN5O4. The van der Waals surface area contributed by atoms with E-state index in [2.05, 4.69) is 44.5 Å². The van der Waals surface area contributed by atoms with Crippen molar-refractivity contribution in [2.24, 2.45) is 5.92 Å². The number of H-pyrrole nitrogens is 1. The van der Waals surface area contributed by atoms with Gasteiger partial charge in [-0.2, -0.15) is 0 Å². The zero-order valence-electron chi connectivity index (χ0n) is 23.7. The molecule has 2 amide bonds. The van der Waals surface area contributed by atoms with Gasteiger partial charge in [-0.25, -0.2) is 9.18 Å². The Morgan fingerprint density at radius 2 is 1.80 bits per heavy atom. The fourth-order valence-corrected chi connectivity index (χ4v) is 6.17. The number of nitrogens with zero attached hydrogens (tertiary/aromatic N) is 3. The van der Waals surface area contributed by atoms with Crippen LogP contribution in [0.15, 0.2) is 48.7 Å². The number of hydrogen-bond donors (Lipinski definition) is 3. The van der Waals surface area contributed by atoms with Gasteiger partial charge in [-0.05, 0) is 69.0 Å². The quantitative estimate of drug-likeness (QED) is 0.344. The average molecular weight is 566 g/mol. The Labute approximate surface area is 240 Å². The molecule has 41 heavy (non-hydrogen) atoms. The number of rotatable bonds is 10. The summed E-state index contributed by atoms with van der Waals surface area (Å²) in [6.07, 6.45) is 3.37. The number of aromatic amines is 1. The number of carbonyl (C=O) groups is 2. The van der Waals surface area contributed by atoms with E-state index in [-0.39, 0.29) is 17.6 Å². The molecule has 0 radical (unpaired) electrons. The number of carbonyl (C=O) groups excluding carboxylic acids is 1. The summed E-state index contributed by atoms with van der Waals surface area (Å²) >= 11 is 0. The molecule has 2 aliphatic rings. The van der Waals surface area contributed by atoms with Gasteiger partial charge in [0.15, 0.2) is 0 Å². The molecule has 0 aliphatic carbocycles. The second-order valence-corrected chi connectivity index (χ2v) is 11.0. The molecule has 10 heteroatoms. The SMILES string of the molecule is CCOc1cccc(F)c1CN1CCN(C(=O)C(NC(=O)O)C2CCN(CCc3c[nH]c4ccccc34)CC2)CC1. The van der Waals surface area contributed by atoms with Gasteiger partial charge in [0.05, 0.1) is 6.61 Å². The molecule has 0 saturated carbocycles. The van der Waals surface area contributed by atoms with Crippen LogP contribution < -0.4 is 10.1 Å². The number of halogens is 1. The van der Waals surface area contributed by atoms with Crippen molar-refractivity contribution in [3.63, 3.8) is 0 Å². The highest BCUT2D eigenvalue weighted by molar-refractivity contribution is 5.86. The Kier molecular flexibility index (Phi) is 9.41. The van der Waals surface area contributed by atoms with Gasteiger partial charge in [-0.1, -0.05) is 24.3 Å². The highest BCUT2D eigenvalue weighted by Gasteiger charge is 2.36. The van der Waals surface area contributed by atoms with Gasteiger partial charge in [-0.15, -0.1) is 0 Å². The maximum absolute atomic E-state index is 14.5. The first kappa shape index (κ1) is 28.9. The summed E-state index contributed by atoms with van der Waals surface area (Å²) in [5.74, 6) is 0.0378. The fourth-order valence-electron chi connectivity index (χ4n) is 6.17. The number of carboxylic acid groups (broad SMARTS) is 1. The summed E-state index contributed by atoms with van der Waals surface area (Å²) in [6, 6.07) is 12.4. The van der Waals surface area contributed by atoms with Gasteiger partial charge in [0.2, 0.25) is 5.91 Å². The molecule has 1 unspecified atom stereocenters. The van der Waals surface area contributed by atoms with Crippen molar-refractivity contribution in [1.29, 1.82) is 0 Å². The molecule has 0 bridgehead atoms. The first-order valence-corrected chi connectivity index (χ1v) is 14.6. The number of likely N-dealkylation sites (tertiary alicyclic amines) is 1. The number of hydrogen-bond acceptors (Lipinski definition) is 5. The molecular weight excluding hydrogens is 525 g/mol. The summed E-state index contributed by atoms with van der Waals surface area (Å²) in [4.78, 5) is 34.8. The smallest absolute Gasteiger partial charge is 0.405 e. The van der Waals surface area contributed by atoms with Crippen molar-refractivity contribution in [3.8, 4) is 5.75 Å². The monoisotopic (exact) mass is 565 g/mol. The number of para-hydroxylation sites is 1. The standard InChI is InChI=1S/C31H40FN5O4/c1-2-41-28-9-5-7-26(32)25(28)21-36-16-18-37(19-17-36)30(38)29(34-31(39)40)22-10-13-35(14-11-22)15-12-23-20-33-27-8-4-3-6-24(23)27/h3-9,20,22,29,33-34H,2,10-19,21H2,1H3,(H,39,40). The second-order valence-electron chi connectivity index (χ2n) is 11.0. The van der Waals surface area contributed by atoms with E-state index in [1.54, 1.807) is 17.0 Å². The number of nitrogens with one attached hydrogen (secondary N) is 2. The zero-order chi connectivity index (χ0) is 28.8. The molecule has 1 aromatic heterocycles. The number of piperazine rings is 1. The van der Waals surface area contributed by atoms with Crippen molar-refractivity contribution >= 4 is 22.9 Å². The Balaban J connectivity index is 1.13. The number of benzene rings is 2. The normalized spacial score (nSPS) is 18.0. The number of ether oxygens (including phenoxy) is 1. The molecule has 3 aromatic rings. The van der Waals surface area contributed by atoms with E-state index in [1.165, 1.54) is 17.0 Å². The summed E-state index contributed by atoms with van der Waals surface area (Å²) in [6.45, 7) is 7.42. The van der Waals surface area contributed by atoms with E-state index in [0.29, 0.717) is 50.6 Å². The lowest BCUT2D eigenvalue weighted by molar-refractivity contribution is -0.137. The van der Waals surface area contributed by atoms with Crippen molar-refractivity contribution in [1.82, 2.24) is 25.0 Å².